The molecule has 1 aromatic heterocycles. The van der Waals surface area contributed by atoms with Crippen LogP contribution < -0.4 is 16.0 Å². The summed E-state index contributed by atoms with van der Waals surface area (Å²) >= 11 is 0. The van der Waals surface area contributed by atoms with Gasteiger partial charge in [-0.25, -0.2) is 4.98 Å². The summed E-state index contributed by atoms with van der Waals surface area (Å²) < 4.78 is 0. The standard InChI is InChI=1S/C23H27N5O/c1-4-5-6-22(29)26-19-11-13-20(14-12-19)27-23-24-17(3)15-21(28-23)25-18-9-7-16(2)8-10-18/h7-15H,4-6H2,1-3H3,(H,26,29)(H2,24,25,27,28). The third-order valence-corrected chi connectivity index (χ3v) is 4.36. The van der Waals surface area contributed by atoms with Crippen molar-refractivity contribution in [3.8, 4) is 0 Å². The molecule has 0 atom stereocenters. The highest BCUT2D eigenvalue weighted by Gasteiger charge is 2.05. The summed E-state index contributed by atoms with van der Waals surface area (Å²) in [5.41, 5.74) is 4.67. The highest BCUT2D eigenvalue weighted by Crippen LogP contribution is 2.21. The van der Waals surface area contributed by atoms with Gasteiger partial charge in [-0.3, -0.25) is 4.79 Å². The zero-order valence-corrected chi connectivity index (χ0v) is 17.1. The van der Waals surface area contributed by atoms with Crippen LogP contribution in [0.2, 0.25) is 0 Å². The molecule has 0 fully saturated rings. The van der Waals surface area contributed by atoms with Crippen molar-refractivity contribution in [2.24, 2.45) is 0 Å². The summed E-state index contributed by atoms with van der Waals surface area (Å²) in [4.78, 5) is 20.8. The Bertz CT molecular complexity index is 952. The first-order valence-corrected chi connectivity index (χ1v) is 9.88. The van der Waals surface area contributed by atoms with Crippen LogP contribution in [0.1, 0.15) is 37.4 Å². The predicted molar refractivity (Wildman–Crippen MR) is 119 cm³/mol. The van der Waals surface area contributed by atoms with Gasteiger partial charge in [0.1, 0.15) is 5.82 Å². The molecule has 0 saturated carbocycles. The summed E-state index contributed by atoms with van der Waals surface area (Å²) in [6, 6.07) is 17.6. The van der Waals surface area contributed by atoms with Crippen LogP contribution in [-0.2, 0) is 4.79 Å². The highest BCUT2D eigenvalue weighted by molar-refractivity contribution is 5.90. The second kappa shape index (κ2) is 9.68. The van der Waals surface area contributed by atoms with Crippen LogP contribution in [0, 0.1) is 13.8 Å². The lowest BCUT2D eigenvalue weighted by molar-refractivity contribution is -0.116. The van der Waals surface area contributed by atoms with Crippen LogP contribution in [0.15, 0.2) is 54.6 Å². The minimum atomic E-state index is 0.0430. The van der Waals surface area contributed by atoms with Crippen LogP contribution in [0.4, 0.5) is 28.8 Å². The fourth-order valence-electron chi connectivity index (χ4n) is 2.80. The number of nitrogens with zero attached hydrogens (tertiary/aromatic N) is 2. The monoisotopic (exact) mass is 389 g/mol. The summed E-state index contributed by atoms with van der Waals surface area (Å²) in [6.07, 6.45) is 2.45. The number of nitrogens with one attached hydrogen (secondary N) is 3. The van der Waals surface area contributed by atoms with E-state index >= 15 is 0 Å². The van der Waals surface area contributed by atoms with E-state index in [0.29, 0.717) is 12.4 Å². The first-order valence-electron chi connectivity index (χ1n) is 9.88. The Kier molecular flexibility index (Phi) is 6.79. The highest BCUT2D eigenvalue weighted by atomic mass is 16.1. The van der Waals surface area contributed by atoms with E-state index in [9.17, 15) is 4.79 Å². The molecule has 0 aliphatic heterocycles. The number of carbonyl (C=O) groups excluding carboxylic acids is 1. The van der Waals surface area contributed by atoms with Crippen molar-refractivity contribution < 1.29 is 4.79 Å². The summed E-state index contributed by atoms with van der Waals surface area (Å²) in [7, 11) is 0. The Balaban J connectivity index is 1.65. The lowest BCUT2D eigenvalue weighted by Gasteiger charge is -2.11. The van der Waals surface area contributed by atoms with Crippen LogP contribution in [0.25, 0.3) is 0 Å². The average Bonchev–Trinajstić information content (AvgIpc) is 2.69. The Labute approximate surface area is 171 Å². The minimum absolute atomic E-state index is 0.0430. The molecule has 6 nitrogen and oxygen atoms in total. The van der Waals surface area contributed by atoms with Crippen LogP contribution in [0.3, 0.4) is 0 Å². The third kappa shape index (κ3) is 6.31. The molecule has 150 valence electrons. The number of rotatable bonds is 8. The van der Waals surface area contributed by atoms with E-state index in [4.69, 9.17) is 0 Å². The zero-order chi connectivity index (χ0) is 20.6. The Hall–Kier alpha value is -3.41. The first kappa shape index (κ1) is 20.3. The second-order valence-electron chi connectivity index (χ2n) is 7.06. The number of carbonyl (C=O) groups is 1. The van der Waals surface area contributed by atoms with E-state index in [2.05, 4.69) is 51.9 Å². The van der Waals surface area contributed by atoms with Gasteiger partial charge in [0.2, 0.25) is 11.9 Å². The minimum Gasteiger partial charge on any atom is -0.340 e. The molecule has 0 unspecified atom stereocenters. The van der Waals surface area contributed by atoms with Gasteiger partial charge >= 0.3 is 0 Å². The van der Waals surface area contributed by atoms with E-state index < -0.39 is 0 Å². The number of aromatic nitrogens is 2. The number of amides is 1. The van der Waals surface area contributed by atoms with Gasteiger partial charge < -0.3 is 16.0 Å². The molecule has 2 aromatic carbocycles. The molecule has 0 radical (unpaired) electrons. The van der Waals surface area contributed by atoms with Gasteiger partial charge in [0.25, 0.3) is 0 Å². The van der Waals surface area contributed by atoms with Crippen LogP contribution in [0.5, 0.6) is 0 Å². The summed E-state index contributed by atoms with van der Waals surface area (Å²) in [5, 5.41) is 9.44. The molecule has 1 amide bonds. The summed E-state index contributed by atoms with van der Waals surface area (Å²) in [6.45, 7) is 6.06. The number of unbranched alkanes of at least 4 members (excludes halogenated alkanes) is 1. The molecular formula is C23H27N5O. The molecule has 0 spiro atoms. The molecule has 3 N–H and O–H groups in total. The van der Waals surface area contributed by atoms with E-state index in [0.717, 1.165) is 41.4 Å². The molecule has 0 aliphatic carbocycles. The molecule has 6 heteroatoms. The molecular weight excluding hydrogens is 362 g/mol. The topological polar surface area (TPSA) is 78.9 Å². The van der Waals surface area contributed by atoms with Crippen LogP contribution >= 0.6 is 0 Å². The van der Waals surface area contributed by atoms with Gasteiger partial charge in [-0.05, 0) is 56.7 Å². The molecule has 3 aromatic rings. The molecule has 0 bridgehead atoms. The van der Waals surface area contributed by atoms with Gasteiger partial charge in [-0.2, -0.15) is 4.98 Å². The molecule has 0 saturated heterocycles. The average molecular weight is 390 g/mol. The van der Waals surface area contributed by atoms with Crippen LogP contribution in [-0.4, -0.2) is 15.9 Å². The fraction of sp³-hybridized carbons (Fsp3) is 0.261. The van der Waals surface area contributed by atoms with Gasteiger partial charge in [0, 0.05) is 35.2 Å². The van der Waals surface area contributed by atoms with Crippen molar-refractivity contribution in [3.63, 3.8) is 0 Å². The SMILES string of the molecule is CCCCC(=O)Nc1ccc(Nc2nc(C)cc(Nc3ccc(C)cc3)n2)cc1. The Morgan fingerprint density at radius 3 is 2.17 bits per heavy atom. The number of hydrogen-bond donors (Lipinski definition) is 3. The molecule has 3 rings (SSSR count). The second-order valence-corrected chi connectivity index (χ2v) is 7.06. The summed E-state index contributed by atoms with van der Waals surface area (Å²) in [5.74, 6) is 1.28. The van der Waals surface area contributed by atoms with Crippen molar-refractivity contribution in [1.29, 1.82) is 0 Å². The smallest absolute Gasteiger partial charge is 0.229 e. The Morgan fingerprint density at radius 1 is 0.862 bits per heavy atom. The lowest BCUT2D eigenvalue weighted by Crippen LogP contribution is -2.10. The maximum absolute atomic E-state index is 11.8. The number of hydrogen-bond acceptors (Lipinski definition) is 5. The normalized spacial score (nSPS) is 10.4. The van der Waals surface area contributed by atoms with Crippen molar-refractivity contribution >= 4 is 34.7 Å². The Morgan fingerprint density at radius 2 is 1.48 bits per heavy atom. The zero-order valence-electron chi connectivity index (χ0n) is 17.1. The van der Waals surface area contributed by atoms with Crippen molar-refractivity contribution in [1.82, 2.24) is 9.97 Å². The van der Waals surface area contributed by atoms with Crippen molar-refractivity contribution in [2.75, 3.05) is 16.0 Å². The molecule has 1 heterocycles. The lowest BCUT2D eigenvalue weighted by atomic mass is 10.2. The number of aryl methyl sites for hydroxylation is 2. The fourth-order valence-corrected chi connectivity index (χ4v) is 2.80. The van der Waals surface area contributed by atoms with E-state index in [-0.39, 0.29) is 5.91 Å². The van der Waals surface area contributed by atoms with Gasteiger partial charge in [0.15, 0.2) is 0 Å². The maximum Gasteiger partial charge on any atom is 0.229 e. The van der Waals surface area contributed by atoms with E-state index in [1.807, 2.05) is 49.4 Å². The van der Waals surface area contributed by atoms with E-state index in [1.165, 1.54) is 5.56 Å². The number of anilines is 5. The van der Waals surface area contributed by atoms with Gasteiger partial charge in [0.05, 0.1) is 0 Å². The van der Waals surface area contributed by atoms with E-state index in [1.54, 1.807) is 0 Å². The quantitative estimate of drug-likeness (QED) is 0.460. The largest absolute Gasteiger partial charge is 0.340 e. The molecule has 29 heavy (non-hydrogen) atoms. The van der Waals surface area contributed by atoms with Gasteiger partial charge in [-0.1, -0.05) is 31.0 Å². The van der Waals surface area contributed by atoms with Crippen molar-refractivity contribution in [3.05, 3.63) is 65.9 Å². The first-order chi connectivity index (χ1) is 14.0. The van der Waals surface area contributed by atoms with Crippen molar-refractivity contribution in [2.45, 2.75) is 40.0 Å². The maximum atomic E-state index is 11.8. The third-order valence-electron chi connectivity index (χ3n) is 4.36. The van der Waals surface area contributed by atoms with Gasteiger partial charge in [-0.15, -0.1) is 0 Å². The number of benzene rings is 2. The molecule has 0 aliphatic rings. The predicted octanol–water partition coefficient (Wildman–Crippen LogP) is 5.71.